The van der Waals surface area contributed by atoms with Crippen molar-refractivity contribution in [2.45, 2.75) is 54.7 Å². The molecule has 0 unspecified atom stereocenters. The molecule has 5 N–H and O–H groups in total. The molecule has 2 atom stereocenters. The molecule has 1 saturated heterocycles. The van der Waals surface area contributed by atoms with E-state index in [0.29, 0.717) is 38.5 Å². The molecule has 14 nitrogen and oxygen atoms in total. The second-order valence-corrected chi connectivity index (χ2v) is 18.8. The number of aromatic nitrogens is 2. The molecular formula is C45H40ClN7O7S3. The van der Waals surface area contributed by atoms with Crippen LogP contribution in [0.4, 0.5) is 9.93 Å². The highest BCUT2D eigenvalue weighted by Gasteiger charge is 2.55. The number of anilines is 1. The van der Waals surface area contributed by atoms with Crippen LogP contribution in [-0.2, 0) is 29.6 Å². The van der Waals surface area contributed by atoms with Crippen LogP contribution in [0, 0.1) is 11.8 Å². The average molecular weight is 923 g/mol. The zero-order valence-corrected chi connectivity index (χ0v) is 37.2. The Kier molecular flexibility index (Phi) is 13.8. The monoisotopic (exact) mass is 921 g/mol. The highest BCUT2D eigenvalue weighted by molar-refractivity contribution is 8.06. The molecule has 3 amide bonds. The number of nitrogen functional groups attached to an aromatic ring is 1. The maximum atomic E-state index is 14.4. The quantitative estimate of drug-likeness (QED) is 0.0231. The Morgan fingerprint density at radius 3 is 2.17 bits per heavy atom. The van der Waals surface area contributed by atoms with Gasteiger partial charge in [0, 0.05) is 57.6 Å². The number of carboxylic acid groups (broad SMARTS) is 1. The number of hydrogen-bond donors (Lipinski definition) is 4. The van der Waals surface area contributed by atoms with Gasteiger partial charge in [0.1, 0.15) is 32.7 Å². The van der Waals surface area contributed by atoms with E-state index in [-0.39, 0.29) is 38.9 Å². The molecule has 18 heteroatoms. The summed E-state index contributed by atoms with van der Waals surface area (Å²) in [7, 11) is 0. The minimum atomic E-state index is -1.37. The molecule has 0 aliphatic carbocycles. The lowest BCUT2D eigenvalue weighted by Gasteiger charge is -2.49. The molecule has 2 aliphatic rings. The lowest BCUT2D eigenvalue weighted by atomic mass is 9.80. The minimum absolute atomic E-state index is 0.0555. The van der Waals surface area contributed by atoms with Crippen LogP contribution in [0.1, 0.15) is 55.1 Å². The van der Waals surface area contributed by atoms with Gasteiger partial charge in [-0.05, 0) is 26.8 Å². The summed E-state index contributed by atoms with van der Waals surface area (Å²) in [5, 5.41) is 19.7. The van der Waals surface area contributed by atoms with Gasteiger partial charge in [-0.3, -0.25) is 19.5 Å². The number of β-lactam (4-membered cyclic amide) rings is 1. The van der Waals surface area contributed by atoms with Gasteiger partial charge in [-0.1, -0.05) is 143 Å². The van der Waals surface area contributed by atoms with E-state index in [1.807, 2.05) is 91.0 Å². The fourth-order valence-electron chi connectivity index (χ4n) is 6.72. The minimum Gasteiger partial charge on any atom is -0.477 e. The van der Waals surface area contributed by atoms with Crippen LogP contribution < -0.4 is 16.4 Å². The van der Waals surface area contributed by atoms with E-state index in [0.717, 1.165) is 23.1 Å². The maximum absolute atomic E-state index is 14.4. The van der Waals surface area contributed by atoms with E-state index >= 15 is 0 Å². The molecule has 63 heavy (non-hydrogen) atoms. The van der Waals surface area contributed by atoms with Crippen LogP contribution in [-0.4, -0.2) is 78.9 Å². The summed E-state index contributed by atoms with van der Waals surface area (Å²) in [6.07, 6.45) is 2.90. The standard InChI is InChI=1S/C45H40ClN7O7S3/c1-44(2,3)59-43(58)49-23-14-13-15-27-25-48-24-22-31(27)62-32-26-61-40-35(39(55)53(40)36(32)41(56)57)50-38(54)34(33-37(46)63-42(47)51-33)52-60-45(28-16-7-4-8-17-28,29-18-9-5-10-19-29)30-20-11-6-12-21-30/h4-12,16-22,24-25,35,40H,14,23,26H2,1-3H3,(H2,47,51)(H,49,58)(H,50,54)(H,56,57)/b52-34-/t35-,40+/m1/s1. The molecule has 0 bridgehead atoms. The van der Waals surface area contributed by atoms with Crippen LogP contribution in [0.15, 0.2) is 130 Å². The topological polar surface area (TPSA) is 198 Å². The first-order chi connectivity index (χ1) is 30.3. The van der Waals surface area contributed by atoms with Gasteiger partial charge in [0.25, 0.3) is 11.8 Å². The number of benzene rings is 3. The number of thioether (sulfide) groups is 2. The zero-order valence-electron chi connectivity index (χ0n) is 34.0. The second kappa shape index (κ2) is 19.4. The lowest BCUT2D eigenvalue weighted by molar-refractivity contribution is -0.150. The first-order valence-corrected chi connectivity index (χ1v) is 22.5. The summed E-state index contributed by atoms with van der Waals surface area (Å²) in [6, 6.07) is 28.8. The number of alkyl carbamates (subject to hydrolysis) is 1. The van der Waals surface area contributed by atoms with Crippen LogP contribution in [0.5, 0.6) is 0 Å². The van der Waals surface area contributed by atoms with Gasteiger partial charge in [-0.15, -0.1) is 11.8 Å². The molecule has 1 fully saturated rings. The van der Waals surface area contributed by atoms with Gasteiger partial charge >= 0.3 is 12.1 Å². The smallest absolute Gasteiger partial charge is 0.407 e. The molecular weight excluding hydrogens is 882 g/mol. The number of aliphatic carboxylic acids is 1. The number of ether oxygens (including phenoxy) is 1. The summed E-state index contributed by atoms with van der Waals surface area (Å²) < 4.78 is 5.32. The van der Waals surface area contributed by atoms with Crippen molar-refractivity contribution in [2.75, 3.05) is 18.0 Å². The number of carbonyl (C=O) groups excluding carboxylic acids is 3. The largest absolute Gasteiger partial charge is 0.477 e. The fourth-order valence-corrected chi connectivity index (χ4v) is 10.2. The van der Waals surface area contributed by atoms with E-state index in [1.54, 1.807) is 39.2 Å². The molecule has 0 spiro atoms. The number of nitrogens with one attached hydrogen (secondary N) is 2. The predicted molar refractivity (Wildman–Crippen MR) is 244 cm³/mol. The average Bonchev–Trinajstić information content (AvgIpc) is 3.61. The van der Waals surface area contributed by atoms with Gasteiger partial charge in [0.05, 0.1) is 5.56 Å². The highest BCUT2D eigenvalue weighted by atomic mass is 35.5. The Morgan fingerprint density at radius 2 is 1.62 bits per heavy atom. The fraction of sp³-hybridized carbons (Fsp3) is 0.222. The number of nitrogens with zero attached hydrogens (tertiary/aromatic N) is 4. The van der Waals surface area contributed by atoms with Gasteiger partial charge in [-0.25, -0.2) is 14.6 Å². The third-order valence-electron chi connectivity index (χ3n) is 9.43. The highest BCUT2D eigenvalue weighted by Crippen LogP contribution is 2.46. The Labute approximate surface area is 380 Å². The Hall–Kier alpha value is -6.32. The number of halogens is 1. The maximum Gasteiger partial charge on any atom is 0.407 e. The van der Waals surface area contributed by atoms with Crippen molar-refractivity contribution in [3.05, 3.63) is 152 Å². The van der Waals surface area contributed by atoms with Gasteiger partial charge in [0.15, 0.2) is 10.8 Å². The Bertz CT molecular complexity index is 2550. The van der Waals surface area contributed by atoms with E-state index in [4.69, 9.17) is 26.9 Å². The Balaban J connectivity index is 1.14. The van der Waals surface area contributed by atoms with Crippen molar-refractivity contribution in [3.63, 3.8) is 0 Å². The number of oxime groups is 1. The van der Waals surface area contributed by atoms with Crippen molar-refractivity contribution >= 4 is 81.2 Å². The van der Waals surface area contributed by atoms with Crippen LogP contribution in [0.25, 0.3) is 0 Å². The Morgan fingerprint density at radius 1 is 1.00 bits per heavy atom. The number of carbonyl (C=O) groups is 4. The van der Waals surface area contributed by atoms with Crippen molar-refractivity contribution in [2.24, 2.45) is 5.16 Å². The number of thiazole rings is 1. The van der Waals surface area contributed by atoms with E-state index in [1.165, 1.54) is 16.7 Å². The summed E-state index contributed by atoms with van der Waals surface area (Å²) >= 11 is 10.00. The summed E-state index contributed by atoms with van der Waals surface area (Å²) in [5.74, 6) is 3.46. The zero-order chi connectivity index (χ0) is 44.7. The number of hydrogen-bond acceptors (Lipinski definition) is 13. The lowest BCUT2D eigenvalue weighted by Crippen LogP contribution is -2.71. The molecule has 0 radical (unpaired) electrons. The number of nitrogens with two attached hydrogens (primary N) is 1. The van der Waals surface area contributed by atoms with Crippen LogP contribution >= 0.6 is 46.5 Å². The normalized spacial score (nSPS) is 16.2. The summed E-state index contributed by atoms with van der Waals surface area (Å²) in [4.78, 5) is 70.5. The van der Waals surface area contributed by atoms with E-state index in [2.05, 4.69) is 37.6 Å². The first kappa shape index (κ1) is 44.7. The molecule has 2 aromatic heterocycles. The number of pyridine rings is 1. The summed E-state index contributed by atoms with van der Waals surface area (Å²) in [5.41, 5.74) is 6.09. The third kappa shape index (κ3) is 10.00. The van der Waals surface area contributed by atoms with Crippen molar-refractivity contribution < 1.29 is 33.9 Å². The molecule has 5 aromatic rings. The SMILES string of the molecule is CC(C)(C)OC(=O)NCCC#Cc1cnccc1SC1=C(C(=O)O)N2C(=O)[C@@H](NC(=O)/C(=N\OC(c3ccccc3)(c3ccccc3)c3ccccc3)c3nc(N)sc3Cl)[C@@H]2SC1. The van der Waals surface area contributed by atoms with E-state index in [9.17, 15) is 24.3 Å². The first-order valence-electron chi connectivity index (χ1n) is 19.4. The van der Waals surface area contributed by atoms with Crippen molar-refractivity contribution in [1.82, 2.24) is 25.5 Å². The molecule has 7 rings (SSSR count). The summed E-state index contributed by atoms with van der Waals surface area (Å²) in [6.45, 7) is 5.57. The third-order valence-corrected chi connectivity index (χ3v) is 13.1. The predicted octanol–water partition coefficient (Wildman–Crippen LogP) is 7.24. The molecule has 0 saturated carbocycles. The van der Waals surface area contributed by atoms with Crippen LogP contribution in [0.2, 0.25) is 4.34 Å². The van der Waals surface area contributed by atoms with Gasteiger partial charge < -0.3 is 31.0 Å². The second-order valence-electron chi connectivity index (χ2n) is 14.9. The van der Waals surface area contributed by atoms with Gasteiger partial charge in [0.2, 0.25) is 5.60 Å². The molecule has 322 valence electrons. The molecule has 4 heterocycles. The number of fused-ring (bicyclic) bond motifs is 1. The molecule has 2 aliphatic heterocycles. The number of amides is 3. The van der Waals surface area contributed by atoms with Crippen molar-refractivity contribution in [1.29, 1.82) is 0 Å². The van der Waals surface area contributed by atoms with Crippen LogP contribution in [0.3, 0.4) is 0 Å². The van der Waals surface area contributed by atoms with E-state index < -0.39 is 46.5 Å². The number of carboxylic acids is 1. The van der Waals surface area contributed by atoms with Gasteiger partial charge in [-0.2, -0.15) is 0 Å². The van der Waals surface area contributed by atoms with Crippen molar-refractivity contribution in [3.8, 4) is 11.8 Å². The number of rotatable bonds is 13. The molecule has 3 aromatic carbocycles.